The third-order valence-corrected chi connectivity index (χ3v) is 2.51. The Bertz CT molecular complexity index is 81.0. The zero-order valence-corrected chi connectivity index (χ0v) is 9.79. The van der Waals surface area contributed by atoms with Gasteiger partial charge in [0.25, 0.3) is 0 Å². The summed E-state index contributed by atoms with van der Waals surface area (Å²) in [5.74, 6) is 0. The van der Waals surface area contributed by atoms with Crippen molar-refractivity contribution in [3.8, 4) is 0 Å². The van der Waals surface area contributed by atoms with Gasteiger partial charge in [-0.3, -0.25) is 0 Å². The summed E-state index contributed by atoms with van der Waals surface area (Å²) in [6.07, 6.45) is 9.56. The lowest BCUT2D eigenvalue weighted by atomic mass is 10.1. The van der Waals surface area contributed by atoms with Crippen LogP contribution in [0.25, 0.3) is 0 Å². The Labute approximate surface area is 87.2 Å². The molecule has 0 rings (SSSR count). The summed E-state index contributed by atoms with van der Waals surface area (Å²) >= 11 is 1.33. The van der Waals surface area contributed by atoms with E-state index in [1.54, 1.807) is 7.11 Å². The molecule has 80 valence electrons. The summed E-state index contributed by atoms with van der Waals surface area (Å²) in [7, 11) is 1.68. The van der Waals surface area contributed by atoms with Crippen molar-refractivity contribution in [3.63, 3.8) is 0 Å². The highest BCUT2D eigenvalue weighted by atomic mass is 32.2. The molecule has 0 aliphatic rings. The summed E-state index contributed by atoms with van der Waals surface area (Å²) in [4.78, 5) is 0. The molecule has 0 aliphatic heterocycles. The molecule has 13 heavy (non-hydrogen) atoms. The Hall–Kier alpha value is 0.270. The molecule has 0 spiro atoms. The Morgan fingerprint density at radius 2 is 1.62 bits per heavy atom. The van der Waals surface area contributed by atoms with Crippen LogP contribution in [-0.4, -0.2) is 13.7 Å². The molecule has 3 heteroatoms. The van der Waals surface area contributed by atoms with Crippen LogP contribution in [0, 0.1) is 0 Å². The number of hydrogen-bond acceptors (Lipinski definition) is 3. The van der Waals surface area contributed by atoms with Gasteiger partial charge in [0.2, 0.25) is 0 Å². The van der Waals surface area contributed by atoms with E-state index in [0.29, 0.717) is 0 Å². The van der Waals surface area contributed by atoms with Crippen LogP contribution >= 0.6 is 12.2 Å². The third kappa shape index (κ3) is 12.3. The minimum absolute atomic E-state index is 1.06. The summed E-state index contributed by atoms with van der Waals surface area (Å²) in [6.45, 7) is 3.32. The maximum atomic E-state index is 4.81. The Morgan fingerprint density at radius 1 is 1.00 bits per heavy atom. The van der Waals surface area contributed by atoms with Crippen molar-refractivity contribution < 1.29 is 4.18 Å². The largest absolute Gasteiger partial charge is 0.305 e. The maximum absolute atomic E-state index is 4.81. The van der Waals surface area contributed by atoms with Crippen LogP contribution in [0.3, 0.4) is 0 Å². The molecule has 0 radical (unpaired) electrons. The van der Waals surface area contributed by atoms with E-state index in [1.807, 2.05) is 0 Å². The first-order valence-electron chi connectivity index (χ1n) is 5.34. The van der Waals surface area contributed by atoms with Gasteiger partial charge in [-0.1, -0.05) is 45.4 Å². The zero-order valence-electron chi connectivity index (χ0n) is 8.97. The van der Waals surface area contributed by atoms with Crippen molar-refractivity contribution in [1.29, 1.82) is 0 Å². The number of unbranched alkanes of at least 4 members (excludes halogenated alkanes) is 6. The number of nitrogens with one attached hydrogen (secondary N) is 1. The van der Waals surface area contributed by atoms with Crippen molar-refractivity contribution in [1.82, 2.24) is 4.72 Å². The molecular weight excluding hydrogens is 182 g/mol. The molecular formula is C10H23NOS. The lowest BCUT2D eigenvalue weighted by molar-refractivity contribution is 0.481. The van der Waals surface area contributed by atoms with Crippen molar-refractivity contribution >= 4 is 12.2 Å². The highest BCUT2D eigenvalue weighted by molar-refractivity contribution is 7.92. The van der Waals surface area contributed by atoms with Gasteiger partial charge in [-0.05, 0) is 6.42 Å². The molecule has 0 aromatic rings. The van der Waals surface area contributed by atoms with E-state index in [2.05, 4.69) is 11.6 Å². The predicted octanol–water partition coefficient (Wildman–Crippen LogP) is 3.54. The fourth-order valence-corrected chi connectivity index (χ4v) is 1.60. The monoisotopic (exact) mass is 205 g/mol. The number of hydrogen-bond donors (Lipinski definition) is 1. The van der Waals surface area contributed by atoms with Crippen LogP contribution in [-0.2, 0) is 4.18 Å². The van der Waals surface area contributed by atoms with Crippen LogP contribution in [0.4, 0.5) is 0 Å². The topological polar surface area (TPSA) is 21.3 Å². The lowest BCUT2D eigenvalue weighted by Gasteiger charge is -2.01. The van der Waals surface area contributed by atoms with Crippen molar-refractivity contribution in [3.05, 3.63) is 0 Å². The molecule has 1 N–H and O–H groups in total. The summed E-state index contributed by atoms with van der Waals surface area (Å²) < 4.78 is 7.94. The lowest BCUT2D eigenvalue weighted by Crippen LogP contribution is -2.05. The second-order valence-electron chi connectivity index (χ2n) is 3.27. The van der Waals surface area contributed by atoms with Gasteiger partial charge in [-0.2, -0.15) is 0 Å². The molecule has 0 aromatic heterocycles. The molecule has 0 bridgehead atoms. The van der Waals surface area contributed by atoms with E-state index < -0.39 is 0 Å². The van der Waals surface area contributed by atoms with Gasteiger partial charge >= 0.3 is 0 Å². The SMILES string of the molecule is CCCCCCCCCNSOC. The first kappa shape index (κ1) is 13.3. The smallest absolute Gasteiger partial charge is 0.0785 e. The molecule has 0 amide bonds. The van der Waals surface area contributed by atoms with E-state index in [4.69, 9.17) is 4.18 Å². The Kier molecular flexibility index (Phi) is 12.5. The first-order chi connectivity index (χ1) is 6.41. The molecule has 0 aromatic carbocycles. The Morgan fingerprint density at radius 3 is 2.23 bits per heavy atom. The van der Waals surface area contributed by atoms with Gasteiger partial charge in [0.15, 0.2) is 0 Å². The zero-order chi connectivity index (χ0) is 9.78. The third-order valence-electron chi connectivity index (χ3n) is 2.02. The Balaban J connectivity index is 2.76. The average Bonchev–Trinajstić information content (AvgIpc) is 2.16. The predicted molar refractivity (Wildman–Crippen MR) is 60.6 cm³/mol. The van der Waals surface area contributed by atoms with Gasteiger partial charge in [0.05, 0.1) is 19.3 Å². The van der Waals surface area contributed by atoms with Crippen LogP contribution in [0.2, 0.25) is 0 Å². The highest BCUT2D eigenvalue weighted by Gasteiger charge is 1.90. The normalized spacial score (nSPS) is 10.6. The van der Waals surface area contributed by atoms with Gasteiger partial charge in [-0.15, -0.1) is 0 Å². The van der Waals surface area contributed by atoms with Crippen LogP contribution in [0.15, 0.2) is 0 Å². The molecule has 0 saturated carbocycles. The molecule has 0 aliphatic carbocycles. The van der Waals surface area contributed by atoms with E-state index in [-0.39, 0.29) is 0 Å². The van der Waals surface area contributed by atoms with E-state index in [9.17, 15) is 0 Å². The van der Waals surface area contributed by atoms with Crippen molar-refractivity contribution in [2.24, 2.45) is 0 Å². The molecule has 0 atom stereocenters. The highest BCUT2D eigenvalue weighted by Crippen LogP contribution is 2.06. The standard InChI is InChI=1S/C10H23NOS/c1-3-4-5-6-7-8-9-10-11-13-12-2/h11H,3-10H2,1-2H3. The molecule has 0 saturated heterocycles. The second kappa shape index (κ2) is 12.3. The maximum Gasteiger partial charge on any atom is 0.0785 e. The first-order valence-corrected chi connectivity index (χ1v) is 6.08. The minimum Gasteiger partial charge on any atom is -0.305 e. The second-order valence-corrected chi connectivity index (χ2v) is 4.05. The van der Waals surface area contributed by atoms with Gasteiger partial charge in [-0.25, -0.2) is 4.72 Å². The van der Waals surface area contributed by atoms with E-state index in [0.717, 1.165) is 6.54 Å². The fraction of sp³-hybridized carbons (Fsp3) is 1.00. The van der Waals surface area contributed by atoms with Gasteiger partial charge in [0.1, 0.15) is 0 Å². The summed E-state index contributed by atoms with van der Waals surface area (Å²) in [6, 6.07) is 0. The summed E-state index contributed by atoms with van der Waals surface area (Å²) in [5, 5.41) is 0. The molecule has 0 heterocycles. The molecule has 2 nitrogen and oxygen atoms in total. The van der Waals surface area contributed by atoms with Gasteiger partial charge in [0, 0.05) is 6.54 Å². The van der Waals surface area contributed by atoms with Crippen LogP contribution in [0.1, 0.15) is 51.9 Å². The molecule has 0 fully saturated rings. The van der Waals surface area contributed by atoms with Gasteiger partial charge < -0.3 is 4.18 Å². The fourth-order valence-electron chi connectivity index (χ4n) is 1.25. The molecule has 0 unspecified atom stereocenters. The van der Waals surface area contributed by atoms with Crippen LogP contribution < -0.4 is 4.72 Å². The van der Waals surface area contributed by atoms with E-state index in [1.165, 1.54) is 57.2 Å². The van der Waals surface area contributed by atoms with Crippen LogP contribution in [0.5, 0.6) is 0 Å². The quantitative estimate of drug-likeness (QED) is 0.335. The average molecular weight is 205 g/mol. The number of rotatable bonds is 10. The van der Waals surface area contributed by atoms with E-state index >= 15 is 0 Å². The summed E-state index contributed by atoms with van der Waals surface area (Å²) in [5.41, 5.74) is 0. The van der Waals surface area contributed by atoms with Crippen molar-refractivity contribution in [2.75, 3.05) is 13.7 Å². The van der Waals surface area contributed by atoms with Crippen molar-refractivity contribution in [2.45, 2.75) is 51.9 Å². The minimum atomic E-state index is 1.06.